The standard InChI is InChI=1S/C12H8BrCl2FS/c13-9-6-11(17-12(9)15)10(14)5-7-1-3-8(16)4-2-7/h1-4,6,10H,5H2. The van der Waals surface area contributed by atoms with Crippen LogP contribution in [0.25, 0.3) is 0 Å². The van der Waals surface area contributed by atoms with E-state index < -0.39 is 0 Å². The molecule has 1 heterocycles. The Morgan fingerprint density at radius 1 is 1.29 bits per heavy atom. The van der Waals surface area contributed by atoms with Crippen LogP contribution in [0.3, 0.4) is 0 Å². The second kappa shape index (κ2) is 5.70. The second-order valence-corrected chi connectivity index (χ2v) is 6.64. The van der Waals surface area contributed by atoms with Gasteiger partial charge in [-0.3, -0.25) is 0 Å². The van der Waals surface area contributed by atoms with Gasteiger partial charge in [-0.15, -0.1) is 22.9 Å². The van der Waals surface area contributed by atoms with E-state index in [9.17, 15) is 4.39 Å². The fourth-order valence-corrected chi connectivity index (χ4v) is 3.53. The lowest BCUT2D eigenvalue weighted by molar-refractivity contribution is 0.627. The average molecular weight is 354 g/mol. The first-order chi connectivity index (χ1) is 8.06. The number of benzene rings is 1. The normalized spacial score (nSPS) is 12.7. The summed E-state index contributed by atoms with van der Waals surface area (Å²) in [6.45, 7) is 0. The fourth-order valence-electron chi connectivity index (χ4n) is 1.45. The highest BCUT2D eigenvalue weighted by molar-refractivity contribution is 9.10. The predicted octanol–water partition coefficient (Wildman–Crippen LogP) is 5.83. The molecule has 0 aliphatic carbocycles. The van der Waals surface area contributed by atoms with E-state index in [4.69, 9.17) is 23.2 Å². The van der Waals surface area contributed by atoms with Gasteiger partial charge in [0.2, 0.25) is 0 Å². The molecule has 2 rings (SSSR count). The molecule has 0 saturated heterocycles. The van der Waals surface area contributed by atoms with Crippen molar-refractivity contribution in [3.63, 3.8) is 0 Å². The molecule has 0 aliphatic heterocycles. The third kappa shape index (κ3) is 3.44. The summed E-state index contributed by atoms with van der Waals surface area (Å²) in [4.78, 5) is 1.01. The smallest absolute Gasteiger partial charge is 0.123 e. The summed E-state index contributed by atoms with van der Waals surface area (Å²) < 4.78 is 14.3. The molecule has 0 amide bonds. The Hall–Kier alpha value is -0.0900. The van der Waals surface area contributed by atoms with Crippen molar-refractivity contribution in [3.8, 4) is 0 Å². The number of hydrogen-bond acceptors (Lipinski definition) is 1. The van der Waals surface area contributed by atoms with Crippen LogP contribution in [-0.2, 0) is 6.42 Å². The van der Waals surface area contributed by atoms with E-state index >= 15 is 0 Å². The van der Waals surface area contributed by atoms with Crippen molar-refractivity contribution in [3.05, 3.63) is 55.4 Å². The molecule has 0 fully saturated rings. The van der Waals surface area contributed by atoms with Gasteiger partial charge >= 0.3 is 0 Å². The van der Waals surface area contributed by atoms with Crippen LogP contribution in [0.5, 0.6) is 0 Å². The average Bonchev–Trinajstić information content (AvgIpc) is 2.63. The number of halogens is 4. The van der Waals surface area contributed by atoms with Crippen LogP contribution in [0.1, 0.15) is 15.8 Å². The molecule has 5 heteroatoms. The zero-order valence-electron chi connectivity index (χ0n) is 8.59. The fraction of sp³-hybridized carbons (Fsp3) is 0.167. The molecule has 0 saturated carbocycles. The lowest BCUT2D eigenvalue weighted by Gasteiger charge is -2.06. The van der Waals surface area contributed by atoms with Crippen molar-refractivity contribution < 1.29 is 4.39 Å². The quantitative estimate of drug-likeness (QED) is 0.609. The number of hydrogen-bond donors (Lipinski definition) is 0. The molecule has 1 aromatic heterocycles. The summed E-state index contributed by atoms with van der Waals surface area (Å²) in [6.07, 6.45) is 0.658. The van der Waals surface area contributed by atoms with Crippen LogP contribution in [0.4, 0.5) is 4.39 Å². The van der Waals surface area contributed by atoms with Gasteiger partial charge in [0.15, 0.2) is 0 Å². The van der Waals surface area contributed by atoms with E-state index in [1.165, 1.54) is 23.5 Å². The van der Waals surface area contributed by atoms with Gasteiger partial charge in [-0.25, -0.2) is 4.39 Å². The highest BCUT2D eigenvalue weighted by atomic mass is 79.9. The molecule has 0 nitrogen and oxygen atoms in total. The Morgan fingerprint density at radius 3 is 2.47 bits per heavy atom. The van der Waals surface area contributed by atoms with Crippen LogP contribution in [0, 0.1) is 5.82 Å². The highest BCUT2D eigenvalue weighted by Crippen LogP contribution is 2.38. The van der Waals surface area contributed by atoms with Gasteiger partial charge in [0.25, 0.3) is 0 Å². The first-order valence-corrected chi connectivity index (χ1v) is 7.32. The third-order valence-corrected chi connectivity index (χ3v) is 5.41. The van der Waals surface area contributed by atoms with Crippen molar-refractivity contribution in [2.75, 3.05) is 0 Å². The van der Waals surface area contributed by atoms with Crippen LogP contribution in [0.15, 0.2) is 34.8 Å². The first-order valence-electron chi connectivity index (χ1n) is 4.89. The van der Waals surface area contributed by atoms with Gasteiger partial charge in [0, 0.05) is 9.35 Å². The molecule has 0 radical (unpaired) electrons. The van der Waals surface area contributed by atoms with E-state index in [0.29, 0.717) is 10.8 Å². The van der Waals surface area contributed by atoms with Gasteiger partial charge < -0.3 is 0 Å². The highest BCUT2D eigenvalue weighted by Gasteiger charge is 2.14. The Labute approximate surface area is 121 Å². The minimum absolute atomic E-state index is 0.144. The zero-order valence-corrected chi connectivity index (χ0v) is 12.5. The van der Waals surface area contributed by atoms with E-state index in [1.54, 1.807) is 12.1 Å². The lowest BCUT2D eigenvalue weighted by Crippen LogP contribution is -1.93. The van der Waals surface area contributed by atoms with Crippen LogP contribution in [0.2, 0.25) is 4.34 Å². The summed E-state index contributed by atoms with van der Waals surface area (Å²) in [7, 11) is 0. The van der Waals surface area contributed by atoms with Gasteiger partial charge in [-0.1, -0.05) is 23.7 Å². The van der Waals surface area contributed by atoms with Crippen LogP contribution >= 0.6 is 50.5 Å². The van der Waals surface area contributed by atoms with E-state index in [0.717, 1.165) is 14.9 Å². The molecule has 2 aromatic rings. The molecule has 1 atom stereocenters. The van der Waals surface area contributed by atoms with Crippen molar-refractivity contribution in [2.24, 2.45) is 0 Å². The molecule has 1 unspecified atom stereocenters. The molecule has 0 aliphatic rings. The number of alkyl halides is 1. The van der Waals surface area contributed by atoms with E-state index in [-0.39, 0.29) is 11.2 Å². The topological polar surface area (TPSA) is 0 Å². The van der Waals surface area contributed by atoms with Crippen LogP contribution in [-0.4, -0.2) is 0 Å². The van der Waals surface area contributed by atoms with E-state index in [1.807, 2.05) is 6.07 Å². The van der Waals surface area contributed by atoms with Crippen molar-refractivity contribution in [1.82, 2.24) is 0 Å². The lowest BCUT2D eigenvalue weighted by atomic mass is 10.1. The summed E-state index contributed by atoms with van der Waals surface area (Å²) in [5.74, 6) is -0.234. The molecule has 90 valence electrons. The zero-order chi connectivity index (χ0) is 12.4. The first kappa shape index (κ1) is 13.3. The van der Waals surface area contributed by atoms with Gasteiger partial charge in [0.05, 0.1) is 5.38 Å². The SMILES string of the molecule is Fc1ccc(CC(Cl)c2cc(Br)c(Cl)s2)cc1. The van der Waals surface area contributed by atoms with Gasteiger partial charge in [-0.2, -0.15) is 0 Å². The summed E-state index contributed by atoms with van der Waals surface area (Å²) >= 11 is 17.1. The molecule has 1 aromatic carbocycles. The van der Waals surface area contributed by atoms with Gasteiger partial charge in [0.1, 0.15) is 10.2 Å². The minimum atomic E-state index is -0.234. The van der Waals surface area contributed by atoms with Crippen molar-refractivity contribution in [1.29, 1.82) is 0 Å². The third-order valence-electron chi connectivity index (χ3n) is 2.30. The van der Waals surface area contributed by atoms with E-state index in [2.05, 4.69) is 15.9 Å². The Kier molecular flexibility index (Phi) is 4.47. The molecule has 0 spiro atoms. The maximum atomic E-state index is 12.7. The molecule has 17 heavy (non-hydrogen) atoms. The Bertz CT molecular complexity index is 490. The van der Waals surface area contributed by atoms with Crippen molar-refractivity contribution in [2.45, 2.75) is 11.8 Å². The molecular formula is C12H8BrCl2FS. The minimum Gasteiger partial charge on any atom is -0.207 e. The second-order valence-electron chi connectivity index (χ2n) is 3.57. The maximum absolute atomic E-state index is 12.7. The van der Waals surface area contributed by atoms with Crippen molar-refractivity contribution >= 4 is 50.5 Å². The Balaban J connectivity index is 2.11. The number of thiophene rings is 1. The van der Waals surface area contributed by atoms with Gasteiger partial charge in [-0.05, 0) is 46.1 Å². The largest absolute Gasteiger partial charge is 0.207 e. The van der Waals surface area contributed by atoms with Crippen LogP contribution < -0.4 is 0 Å². The molecular weight excluding hydrogens is 346 g/mol. The number of rotatable bonds is 3. The predicted molar refractivity (Wildman–Crippen MR) is 75.7 cm³/mol. The molecule has 0 bridgehead atoms. The Morgan fingerprint density at radius 2 is 1.94 bits per heavy atom. The summed E-state index contributed by atoms with van der Waals surface area (Å²) in [5, 5.41) is -0.144. The summed E-state index contributed by atoms with van der Waals surface area (Å²) in [6, 6.07) is 8.30. The monoisotopic (exact) mass is 352 g/mol. The molecule has 0 N–H and O–H groups in total. The maximum Gasteiger partial charge on any atom is 0.123 e. The summed E-state index contributed by atoms with van der Waals surface area (Å²) in [5.41, 5.74) is 1.01.